The molecule has 0 amide bonds. The number of rotatable bonds is 5. The van der Waals surface area contributed by atoms with Crippen molar-refractivity contribution in [2.24, 2.45) is 5.73 Å². The van der Waals surface area contributed by atoms with Gasteiger partial charge in [-0.05, 0) is 57.3 Å². The van der Waals surface area contributed by atoms with Gasteiger partial charge in [-0.25, -0.2) is 0 Å². The monoisotopic (exact) mass is 274 g/mol. The molecule has 0 bridgehead atoms. The van der Waals surface area contributed by atoms with Gasteiger partial charge in [-0.2, -0.15) is 0 Å². The Balaban J connectivity index is 2.27. The van der Waals surface area contributed by atoms with Gasteiger partial charge in [-0.3, -0.25) is 4.90 Å². The van der Waals surface area contributed by atoms with Gasteiger partial charge in [-0.1, -0.05) is 37.1 Å². The number of benzene rings is 1. The lowest BCUT2D eigenvalue weighted by atomic mass is 9.82. The van der Waals surface area contributed by atoms with E-state index in [4.69, 9.17) is 5.73 Å². The molecule has 1 aromatic rings. The summed E-state index contributed by atoms with van der Waals surface area (Å²) in [5.41, 5.74) is 10.4. The summed E-state index contributed by atoms with van der Waals surface area (Å²) in [4.78, 5) is 2.68. The Morgan fingerprint density at radius 2 is 2.10 bits per heavy atom. The molecule has 0 saturated carbocycles. The van der Waals surface area contributed by atoms with E-state index in [9.17, 15) is 0 Å². The SMILES string of the molecule is CCCN1CCCCC1C(CN)c1cc(C)ccc1C. The van der Waals surface area contributed by atoms with Crippen LogP contribution in [0.4, 0.5) is 0 Å². The maximum absolute atomic E-state index is 6.19. The predicted octanol–water partition coefficient (Wildman–Crippen LogP) is 3.61. The Morgan fingerprint density at radius 1 is 1.30 bits per heavy atom. The van der Waals surface area contributed by atoms with Crippen LogP contribution < -0.4 is 5.73 Å². The largest absolute Gasteiger partial charge is 0.330 e. The first kappa shape index (κ1) is 15.5. The summed E-state index contributed by atoms with van der Waals surface area (Å²) in [6.45, 7) is 9.91. The number of aryl methyl sites for hydroxylation is 2. The van der Waals surface area contributed by atoms with Crippen molar-refractivity contribution in [2.75, 3.05) is 19.6 Å². The fourth-order valence-corrected chi connectivity index (χ4v) is 3.69. The molecule has 1 fully saturated rings. The van der Waals surface area contributed by atoms with Gasteiger partial charge in [0.25, 0.3) is 0 Å². The molecule has 0 radical (unpaired) electrons. The first-order valence-corrected chi connectivity index (χ1v) is 8.18. The lowest BCUT2D eigenvalue weighted by Crippen LogP contribution is -2.45. The number of nitrogens with zero attached hydrogens (tertiary/aromatic N) is 1. The van der Waals surface area contributed by atoms with Crippen LogP contribution in [0.3, 0.4) is 0 Å². The van der Waals surface area contributed by atoms with Crippen LogP contribution in [0.5, 0.6) is 0 Å². The van der Waals surface area contributed by atoms with Crippen molar-refractivity contribution in [2.45, 2.75) is 58.4 Å². The zero-order valence-corrected chi connectivity index (χ0v) is 13.4. The minimum atomic E-state index is 0.488. The van der Waals surface area contributed by atoms with Crippen LogP contribution >= 0.6 is 0 Å². The van der Waals surface area contributed by atoms with Gasteiger partial charge in [0.05, 0.1) is 0 Å². The Labute approximate surface area is 124 Å². The van der Waals surface area contributed by atoms with Crippen molar-refractivity contribution < 1.29 is 0 Å². The third kappa shape index (κ3) is 3.42. The maximum Gasteiger partial charge on any atom is 0.0176 e. The average molecular weight is 274 g/mol. The molecule has 2 rings (SSSR count). The van der Waals surface area contributed by atoms with E-state index in [0.29, 0.717) is 12.0 Å². The topological polar surface area (TPSA) is 29.3 Å². The lowest BCUT2D eigenvalue weighted by Gasteiger charge is -2.40. The van der Waals surface area contributed by atoms with E-state index >= 15 is 0 Å². The molecule has 2 atom stereocenters. The summed E-state index contributed by atoms with van der Waals surface area (Å²) in [5.74, 6) is 0.488. The van der Waals surface area contributed by atoms with Crippen molar-refractivity contribution in [1.29, 1.82) is 0 Å². The van der Waals surface area contributed by atoms with Crippen LogP contribution in [0.1, 0.15) is 55.2 Å². The summed E-state index contributed by atoms with van der Waals surface area (Å²) < 4.78 is 0. The normalized spacial score (nSPS) is 21.9. The van der Waals surface area contributed by atoms with Crippen molar-refractivity contribution in [3.8, 4) is 0 Å². The number of hydrogen-bond acceptors (Lipinski definition) is 2. The van der Waals surface area contributed by atoms with Gasteiger partial charge in [0.15, 0.2) is 0 Å². The molecule has 0 aromatic heterocycles. The van der Waals surface area contributed by atoms with E-state index in [1.807, 2.05) is 0 Å². The molecule has 1 aliphatic rings. The van der Waals surface area contributed by atoms with Crippen LogP contribution in [0.2, 0.25) is 0 Å². The zero-order chi connectivity index (χ0) is 14.5. The van der Waals surface area contributed by atoms with E-state index in [2.05, 4.69) is 43.9 Å². The number of hydrogen-bond donors (Lipinski definition) is 1. The molecule has 2 heteroatoms. The summed E-state index contributed by atoms with van der Waals surface area (Å²) >= 11 is 0. The van der Waals surface area contributed by atoms with Crippen LogP contribution in [-0.2, 0) is 0 Å². The van der Waals surface area contributed by atoms with Crippen LogP contribution in [-0.4, -0.2) is 30.6 Å². The van der Waals surface area contributed by atoms with E-state index in [1.165, 1.54) is 55.5 Å². The Hall–Kier alpha value is -0.860. The fourth-order valence-electron chi connectivity index (χ4n) is 3.69. The number of likely N-dealkylation sites (tertiary alicyclic amines) is 1. The second-order valence-corrected chi connectivity index (χ2v) is 6.30. The molecule has 0 aliphatic carbocycles. The van der Waals surface area contributed by atoms with E-state index in [0.717, 1.165) is 6.54 Å². The summed E-state index contributed by atoms with van der Waals surface area (Å²) in [7, 11) is 0. The second-order valence-electron chi connectivity index (χ2n) is 6.30. The smallest absolute Gasteiger partial charge is 0.0176 e. The third-order valence-corrected chi connectivity index (χ3v) is 4.73. The van der Waals surface area contributed by atoms with E-state index in [1.54, 1.807) is 0 Å². The highest BCUT2D eigenvalue weighted by atomic mass is 15.2. The molecule has 2 N–H and O–H groups in total. The van der Waals surface area contributed by atoms with Crippen LogP contribution in [0.25, 0.3) is 0 Å². The Kier molecular flexibility index (Phi) is 5.62. The van der Waals surface area contributed by atoms with E-state index < -0.39 is 0 Å². The molecular weight excluding hydrogens is 244 g/mol. The summed E-state index contributed by atoms with van der Waals surface area (Å²) in [5, 5.41) is 0. The standard InChI is InChI=1S/C18H30N2/c1-4-10-20-11-6-5-7-18(20)17(13-19)16-12-14(2)8-9-15(16)3/h8-9,12,17-18H,4-7,10-11,13,19H2,1-3H3. The molecule has 2 unspecified atom stereocenters. The number of piperidine rings is 1. The predicted molar refractivity (Wildman–Crippen MR) is 87.2 cm³/mol. The second kappa shape index (κ2) is 7.24. The third-order valence-electron chi connectivity index (χ3n) is 4.73. The minimum Gasteiger partial charge on any atom is -0.330 e. The summed E-state index contributed by atoms with van der Waals surface area (Å²) in [6.07, 6.45) is 5.24. The first-order valence-electron chi connectivity index (χ1n) is 8.18. The van der Waals surface area contributed by atoms with Crippen molar-refractivity contribution in [3.63, 3.8) is 0 Å². The van der Waals surface area contributed by atoms with Crippen LogP contribution in [0, 0.1) is 13.8 Å². The molecule has 20 heavy (non-hydrogen) atoms. The minimum absolute atomic E-state index is 0.488. The van der Waals surface area contributed by atoms with Gasteiger partial charge < -0.3 is 5.73 Å². The van der Waals surface area contributed by atoms with E-state index in [-0.39, 0.29) is 0 Å². The molecule has 2 nitrogen and oxygen atoms in total. The Bertz CT molecular complexity index is 425. The van der Waals surface area contributed by atoms with Crippen LogP contribution in [0.15, 0.2) is 18.2 Å². The lowest BCUT2D eigenvalue weighted by molar-refractivity contribution is 0.126. The zero-order valence-electron chi connectivity index (χ0n) is 13.4. The molecular formula is C18H30N2. The van der Waals surface area contributed by atoms with Gasteiger partial charge >= 0.3 is 0 Å². The molecule has 1 saturated heterocycles. The molecule has 112 valence electrons. The molecule has 1 heterocycles. The van der Waals surface area contributed by atoms with Gasteiger partial charge in [-0.15, -0.1) is 0 Å². The molecule has 0 spiro atoms. The first-order chi connectivity index (χ1) is 9.67. The fraction of sp³-hybridized carbons (Fsp3) is 0.667. The quantitative estimate of drug-likeness (QED) is 0.888. The molecule has 1 aromatic carbocycles. The van der Waals surface area contributed by atoms with Crippen molar-refractivity contribution >= 4 is 0 Å². The highest BCUT2D eigenvalue weighted by molar-refractivity contribution is 5.34. The number of nitrogens with two attached hydrogens (primary N) is 1. The summed E-state index contributed by atoms with van der Waals surface area (Å²) in [6, 6.07) is 7.44. The van der Waals surface area contributed by atoms with Gasteiger partial charge in [0.1, 0.15) is 0 Å². The molecule has 1 aliphatic heterocycles. The maximum atomic E-state index is 6.19. The highest BCUT2D eigenvalue weighted by Crippen LogP contribution is 2.32. The highest BCUT2D eigenvalue weighted by Gasteiger charge is 2.30. The van der Waals surface area contributed by atoms with Gasteiger partial charge in [0, 0.05) is 18.5 Å². The Morgan fingerprint density at radius 3 is 2.80 bits per heavy atom. The van der Waals surface area contributed by atoms with Crippen molar-refractivity contribution in [1.82, 2.24) is 4.90 Å². The van der Waals surface area contributed by atoms with Gasteiger partial charge in [0.2, 0.25) is 0 Å². The average Bonchev–Trinajstić information content (AvgIpc) is 2.45. The van der Waals surface area contributed by atoms with Crippen molar-refractivity contribution in [3.05, 3.63) is 34.9 Å².